The Balaban J connectivity index is 1.98. The Kier molecular flexibility index (Phi) is 5.73. The second-order valence-electron chi connectivity index (χ2n) is 4.71. The average molecular weight is 275 g/mol. The Morgan fingerprint density at radius 2 is 1.85 bits per heavy atom. The van der Waals surface area contributed by atoms with Crippen molar-refractivity contribution in [2.45, 2.75) is 13.0 Å². The number of aliphatic hydroxyl groups excluding tert-OH is 2. The maximum absolute atomic E-state index is 9.07. The van der Waals surface area contributed by atoms with Crippen LogP contribution >= 0.6 is 0 Å². The van der Waals surface area contributed by atoms with E-state index >= 15 is 0 Å². The lowest BCUT2D eigenvalue weighted by Gasteiger charge is -2.21. The van der Waals surface area contributed by atoms with E-state index < -0.39 is 0 Å². The summed E-state index contributed by atoms with van der Waals surface area (Å²) in [6.45, 7) is 2.52. The van der Waals surface area contributed by atoms with E-state index in [1.807, 2.05) is 10.8 Å². The van der Waals surface area contributed by atoms with Gasteiger partial charge in [0.2, 0.25) is 0 Å². The fourth-order valence-corrected chi connectivity index (χ4v) is 2.15. The fraction of sp³-hybridized carbons (Fsp3) is 0.400. The Morgan fingerprint density at radius 3 is 2.45 bits per heavy atom. The summed E-state index contributed by atoms with van der Waals surface area (Å²) >= 11 is 0. The zero-order valence-electron chi connectivity index (χ0n) is 11.5. The molecule has 2 rings (SSSR count). The molecule has 0 fully saturated rings. The highest BCUT2D eigenvalue weighted by Gasteiger charge is 2.05. The van der Waals surface area contributed by atoms with Crippen LogP contribution in [0.2, 0.25) is 0 Å². The zero-order valence-corrected chi connectivity index (χ0v) is 11.5. The maximum Gasteiger partial charge on any atom is 0.0991 e. The van der Waals surface area contributed by atoms with Crippen molar-refractivity contribution in [3.63, 3.8) is 0 Å². The van der Waals surface area contributed by atoms with Gasteiger partial charge in [0.05, 0.1) is 12.9 Å². The van der Waals surface area contributed by atoms with Gasteiger partial charge in [0.1, 0.15) is 0 Å². The van der Waals surface area contributed by atoms with Crippen LogP contribution in [0.15, 0.2) is 43.0 Å². The van der Waals surface area contributed by atoms with Crippen LogP contribution in [-0.4, -0.2) is 51.0 Å². The summed E-state index contributed by atoms with van der Waals surface area (Å²) in [6, 6.07) is 8.28. The van der Waals surface area contributed by atoms with Crippen LogP contribution in [0.3, 0.4) is 0 Å². The van der Waals surface area contributed by atoms with Crippen molar-refractivity contribution in [2.75, 3.05) is 26.3 Å². The van der Waals surface area contributed by atoms with E-state index in [0.717, 1.165) is 25.2 Å². The summed E-state index contributed by atoms with van der Waals surface area (Å²) in [4.78, 5) is 6.17. The molecule has 0 bridgehead atoms. The van der Waals surface area contributed by atoms with Crippen molar-refractivity contribution in [1.82, 2.24) is 14.5 Å². The number of rotatable bonds is 8. The lowest BCUT2D eigenvalue weighted by molar-refractivity contribution is 0.174. The largest absolute Gasteiger partial charge is 0.396 e. The van der Waals surface area contributed by atoms with E-state index in [2.05, 4.69) is 34.1 Å². The standard InChI is InChI=1S/C15H21N3O2/c19-10-1-7-17(9-11-20)12-14-2-4-15(5-3-14)18-8-6-16-13-18/h2-6,8,13,19-20H,1,7,9-12H2. The Hall–Kier alpha value is -1.69. The van der Waals surface area contributed by atoms with Crippen LogP contribution in [0.5, 0.6) is 0 Å². The van der Waals surface area contributed by atoms with Gasteiger partial charge in [-0.3, -0.25) is 4.90 Å². The summed E-state index contributed by atoms with van der Waals surface area (Å²) in [5.74, 6) is 0. The van der Waals surface area contributed by atoms with E-state index in [1.54, 1.807) is 12.5 Å². The lowest BCUT2D eigenvalue weighted by Crippen LogP contribution is -2.28. The molecule has 1 aromatic heterocycles. The summed E-state index contributed by atoms with van der Waals surface area (Å²) in [5.41, 5.74) is 2.27. The van der Waals surface area contributed by atoms with E-state index in [1.165, 1.54) is 5.56 Å². The number of aromatic nitrogens is 2. The number of imidazole rings is 1. The van der Waals surface area contributed by atoms with Crippen molar-refractivity contribution < 1.29 is 10.2 Å². The molecule has 0 aliphatic heterocycles. The van der Waals surface area contributed by atoms with E-state index in [0.29, 0.717) is 6.54 Å². The molecule has 0 saturated carbocycles. The molecular weight excluding hydrogens is 254 g/mol. The molecule has 20 heavy (non-hydrogen) atoms. The smallest absolute Gasteiger partial charge is 0.0991 e. The first-order valence-corrected chi connectivity index (χ1v) is 6.85. The SMILES string of the molecule is OCCCN(CCO)Cc1ccc(-n2ccnc2)cc1. The van der Waals surface area contributed by atoms with Crippen molar-refractivity contribution in [3.05, 3.63) is 48.5 Å². The highest BCUT2D eigenvalue weighted by molar-refractivity contribution is 5.34. The second kappa shape index (κ2) is 7.79. The van der Waals surface area contributed by atoms with Crippen LogP contribution in [0.4, 0.5) is 0 Å². The van der Waals surface area contributed by atoms with Gasteiger partial charge in [-0.15, -0.1) is 0 Å². The van der Waals surface area contributed by atoms with Gasteiger partial charge in [-0.2, -0.15) is 0 Å². The molecule has 0 unspecified atom stereocenters. The third kappa shape index (κ3) is 4.16. The molecule has 1 heterocycles. The van der Waals surface area contributed by atoms with Gasteiger partial charge in [0, 0.05) is 44.3 Å². The van der Waals surface area contributed by atoms with Crippen molar-refractivity contribution in [3.8, 4) is 5.69 Å². The van der Waals surface area contributed by atoms with Crippen LogP contribution < -0.4 is 0 Å². The van der Waals surface area contributed by atoms with Gasteiger partial charge >= 0.3 is 0 Å². The van der Waals surface area contributed by atoms with Crippen LogP contribution in [0.1, 0.15) is 12.0 Å². The van der Waals surface area contributed by atoms with Gasteiger partial charge in [-0.05, 0) is 24.1 Å². The molecule has 0 amide bonds. The second-order valence-corrected chi connectivity index (χ2v) is 4.71. The van der Waals surface area contributed by atoms with Crippen molar-refractivity contribution in [1.29, 1.82) is 0 Å². The number of hydrogen-bond donors (Lipinski definition) is 2. The highest BCUT2D eigenvalue weighted by atomic mass is 16.3. The third-order valence-corrected chi connectivity index (χ3v) is 3.19. The third-order valence-electron chi connectivity index (χ3n) is 3.19. The molecule has 108 valence electrons. The van der Waals surface area contributed by atoms with E-state index in [4.69, 9.17) is 10.2 Å². The lowest BCUT2D eigenvalue weighted by atomic mass is 10.2. The zero-order chi connectivity index (χ0) is 14.2. The molecule has 0 radical (unpaired) electrons. The molecule has 2 aromatic rings. The quantitative estimate of drug-likeness (QED) is 0.756. The van der Waals surface area contributed by atoms with Gasteiger partial charge in [-0.1, -0.05) is 12.1 Å². The molecule has 0 aliphatic rings. The molecule has 0 atom stereocenters. The molecule has 2 N–H and O–H groups in total. The highest BCUT2D eigenvalue weighted by Crippen LogP contribution is 2.11. The normalized spacial score (nSPS) is 11.2. The Bertz CT molecular complexity index is 482. The number of hydrogen-bond acceptors (Lipinski definition) is 4. The first kappa shape index (κ1) is 14.7. The van der Waals surface area contributed by atoms with Crippen LogP contribution in [0, 0.1) is 0 Å². The monoisotopic (exact) mass is 275 g/mol. The summed E-state index contributed by atoms with van der Waals surface area (Å²) in [6.07, 6.45) is 6.17. The molecule has 0 saturated heterocycles. The topological polar surface area (TPSA) is 61.5 Å². The summed E-state index contributed by atoms with van der Waals surface area (Å²) < 4.78 is 1.96. The molecule has 1 aromatic carbocycles. The van der Waals surface area contributed by atoms with Gasteiger partial charge in [0.25, 0.3) is 0 Å². The molecule has 5 heteroatoms. The first-order chi connectivity index (χ1) is 9.83. The van der Waals surface area contributed by atoms with Crippen LogP contribution in [0.25, 0.3) is 5.69 Å². The summed E-state index contributed by atoms with van der Waals surface area (Å²) in [7, 11) is 0. The van der Waals surface area contributed by atoms with E-state index in [-0.39, 0.29) is 13.2 Å². The maximum atomic E-state index is 9.07. The van der Waals surface area contributed by atoms with Gasteiger partial charge < -0.3 is 14.8 Å². The molecule has 0 aliphatic carbocycles. The van der Waals surface area contributed by atoms with E-state index in [9.17, 15) is 0 Å². The Labute approximate surface area is 119 Å². The first-order valence-electron chi connectivity index (χ1n) is 6.85. The Morgan fingerprint density at radius 1 is 1.05 bits per heavy atom. The van der Waals surface area contributed by atoms with Crippen LogP contribution in [-0.2, 0) is 6.54 Å². The predicted molar refractivity (Wildman–Crippen MR) is 77.6 cm³/mol. The molecular formula is C15H21N3O2. The van der Waals surface area contributed by atoms with Gasteiger partial charge in [-0.25, -0.2) is 4.98 Å². The minimum atomic E-state index is 0.137. The number of benzene rings is 1. The average Bonchev–Trinajstić information content (AvgIpc) is 3.00. The predicted octanol–water partition coefficient (Wildman–Crippen LogP) is 1.05. The van der Waals surface area contributed by atoms with Crippen molar-refractivity contribution in [2.24, 2.45) is 0 Å². The number of aliphatic hydroxyl groups is 2. The fourth-order valence-electron chi connectivity index (χ4n) is 2.15. The number of nitrogens with zero attached hydrogens (tertiary/aromatic N) is 3. The van der Waals surface area contributed by atoms with Crippen molar-refractivity contribution >= 4 is 0 Å². The minimum Gasteiger partial charge on any atom is -0.396 e. The molecule has 0 spiro atoms. The molecule has 5 nitrogen and oxygen atoms in total. The minimum absolute atomic E-state index is 0.137. The van der Waals surface area contributed by atoms with Gasteiger partial charge in [0.15, 0.2) is 0 Å². The summed E-state index contributed by atoms with van der Waals surface area (Å²) in [5, 5.41) is 18.0.